The summed E-state index contributed by atoms with van der Waals surface area (Å²) in [4.78, 5) is 0.958. The lowest BCUT2D eigenvalue weighted by Crippen LogP contribution is -2.38. The number of nitrogens with zero attached hydrogens (tertiary/aromatic N) is 1. The molecule has 1 heterocycles. The number of hydrogen-bond acceptors (Lipinski definition) is 1. The van der Waals surface area contributed by atoms with Crippen molar-refractivity contribution in [3.05, 3.63) is 0 Å². The van der Waals surface area contributed by atoms with Gasteiger partial charge in [0.05, 0.1) is 0 Å². The van der Waals surface area contributed by atoms with E-state index in [1.165, 1.54) is 0 Å². The van der Waals surface area contributed by atoms with E-state index >= 15 is 0 Å². The fourth-order valence-electron chi connectivity index (χ4n) is 0.583. The zero-order chi connectivity index (χ0) is 13.2. The van der Waals surface area contributed by atoms with Crippen LogP contribution in [0.25, 0.3) is 0 Å². The largest absolute Gasteiger partial charge is 0.298 e. The molecule has 0 saturated carbocycles. The second-order valence-electron chi connectivity index (χ2n) is 3.05. The predicted molar refractivity (Wildman–Crippen MR) is 40.6 cm³/mol. The third kappa shape index (κ3) is 1.68. The van der Waals surface area contributed by atoms with E-state index in [4.69, 9.17) is 9.60 Å². The highest BCUT2D eigenvalue weighted by molar-refractivity contribution is 4.79. The van der Waals surface area contributed by atoms with E-state index in [0.717, 1.165) is 4.90 Å². The molecule has 0 aliphatic carbocycles. The molecule has 0 amide bonds. The molecule has 0 aromatic rings. The molecule has 1 aliphatic rings. The average Bonchev–Trinajstić information content (AvgIpc) is 2.06. The fourth-order valence-corrected chi connectivity index (χ4v) is 0.583. The minimum absolute atomic E-state index is 0.812. The SMILES string of the molecule is [2H]C1N(C(C)(C)C)C([2H])([2H])C([2H])([2H])C1([2H])[2H]. The van der Waals surface area contributed by atoms with Gasteiger partial charge in [-0.05, 0) is 46.5 Å². The second-order valence-corrected chi connectivity index (χ2v) is 3.05. The van der Waals surface area contributed by atoms with Crippen LogP contribution in [-0.2, 0) is 0 Å². The van der Waals surface area contributed by atoms with Crippen molar-refractivity contribution in [3.63, 3.8) is 0 Å². The molecular formula is C8H17N. The first-order valence-electron chi connectivity index (χ1n) is 6.57. The van der Waals surface area contributed by atoms with Gasteiger partial charge < -0.3 is 0 Å². The van der Waals surface area contributed by atoms with Crippen molar-refractivity contribution in [1.29, 1.82) is 0 Å². The van der Waals surface area contributed by atoms with Gasteiger partial charge in [-0.2, -0.15) is 0 Å². The lowest BCUT2D eigenvalue weighted by atomic mass is 10.1. The van der Waals surface area contributed by atoms with E-state index in [1.54, 1.807) is 20.8 Å². The van der Waals surface area contributed by atoms with E-state index in [0.29, 0.717) is 0 Å². The Morgan fingerprint density at radius 3 is 2.22 bits per heavy atom. The van der Waals surface area contributed by atoms with Crippen molar-refractivity contribution in [2.75, 3.05) is 13.0 Å². The van der Waals surface area contributed by atoms with Gasteiger partial charge in [-0.25, -0.2) is 0 Å². The Balaban J connectivity index is 3.36. The summed E-state index contributed by atoms with van der Waals surface area (Å²) in [6.07, 6.45) is -5.25. The maximum atomic E-state index is 7.75. The summed E-state index contributed by atoms with van der Waals surface area (Å²) >= 11 is 0. The van der Waals surface area contributed by atoms with Crippen LogP contribution in [0.1, 0.15) is 43.1 Å². The third-order valence-electron chi connectivity index (χ3n) is 1.16. The molecule has 0 radical (unpaired) electrons. The summed E-state index contributed by atoms with van der Waals surface area (Å²) in [6, 6.07) is 0. The first kappa shape index (κ1) is 2.23. The molecule has 1 nitrogen and oxygen atoms in total. The van der Waals surface area contributed by atoms with Crippen LogP contribution in [0.2, 0.25) is 0 Å². The molecule has 0 aromatic carbocycles. The van der Waals surface area contributed by atoms with Crippen molar-refractivity contribution in [1.82, 2.24) is 4.90 Å². The van der Waals surface area contributed by atoms with E-state index < -0.39 is 31.3 Å². The van der Waals surface area contributed by atoms with Gasteiger partial charge >= 0.3 is 0 Å². The lowest BCUT2D eigenvalue weighted by Gasteiger charge is -2.31. The van der Waals surface area contributed by atoms with Gasteiger partial charge in [0.25, 0.3) is 0 Å². The topological polar surface area (TPSA) is 3.24 Å². The number of hydrogen-bond donors (Lipinski definition) is 0. The Morgan fingerprint density at radius 1 is 1.33 bits per heavy atom. The van der Waals surface area contributed by atoms with Gasteiger partial charge in [-0.15, -0.1) is 0 Å². The molecule has 0 bridgehead atoms. The van der Waals surface area contributed by atoms with Gasteiger partial charge in [-0.1, -0.05) is 0 Å². The van der Waals surface area contributed by atoms with Crippen LogP contribution in [0.3, 0.4) is 0 Å². The van der Waals surface area contributed by atoms with E-state index in [2.05, 4.69) is 0 Å². The maximum absolute atomic E-state index is 7.75. The predicted octanol–water partition coefficient (Wildman–Crippen LogP) is 1.88. The van der Waals surface area contributed by atoms with E-state index in [-0.39, 0.29) is 0 Å². The molecule has 1 rings (SSSR count). The Kier molecular flexibility index (Phi) is 0.569. The Bertz CT molecular complexity index is 293. The number of likely N-dealkylation sites (tertiary alicyclic amines) is 1. The van der Waals surface area contributed by atoms with Gasteiger partial charge in [0.15, 0.2) is 0 Å². The van der Waals surface area contributed by atoms with Crippen LogP contribution in [-0.4, -0.2) is 23.5 Å². The first-order valence-corrected chi connectivity index (χ1v) is 2.99. The minimum atomic E-state index is -2.71. The summed E-state index contributed by atoms with van der Waals surface area (Å²) in [7, 11) is 0. The highest BCUT2D eigenvalue weighted by atomic mass is 15.2. The van der Waals surface area contributed by atoms with E-state index in [1.807, 2.05) is 0 Å². The summed E-state index contributed by atoms with van der Waals surface area (Å²) in [6.45, 7) is 0.871. The Hall–Kier alpha value is -0.0400. The molecule has 1 aliphatic heterocycles. The van der Waals surface area contributed by atoms with Crippen molar-refractivity contribution in [3.8, 4) is 0 Å². The first-order chi connectivity index (χ1) is 6.78. The quantitative estimate of drug-likeness (QED) is 0.489. The van der Waals surface area contributed by atoms with Crippen molar-refractivity contribution < 1.29 is 9.60 Å². The maximum Gasteiger partial charge on any atom is 0.0431 e. The molecule has 1 fully saturated rings. The average molecular weight is 134 g/mol. The zero-order valence-electron chi connectivity index (χ0n) is 13.0. The molecule has 0 aromatic heterocycles. The molecule has 9 heavy (non-hydrogen) atoms. The standard InChI is InChI=1S/C8H17N/c1-8(2,3)9-6-4-5-7-9/h4-7H2,1-3H3/i4D2,5D2,6D,7D2. The highest BCUT2D eigenvalue weighted by Gasteiger charge is 2.23. The minimum Gasteiger partial charge on any atom is -0.298 e. The zero-order valence-corrected chi connectivity index (χ0v) is 6.02. The summed E-state index contributed by atoms with van der Waals surface area (Å²) < 4.78 is 53.6. The van der Waals surface area contributed by atoms with Gasteiger partial charge in [0.2, 0.25) is 0 Å². The third-order valence-corrected chi connectivity index (χ3v) is 1.16. The molecular weight excluding hydrogens is 110 g/mol. The lowest BCUT2D eigenvalue weighted by molar-refractivity contribution is 0.175. The number of rotatable bonds is 0. The van der Waals surface area contributed by atoms with Crippen LogP contribution in [0, 0.1) is 0 Å². The normalized spacial score (nSPS) is 59.4. The van der Waals surface area contributed by atoms with Crippen LogP contribution >= 0.6 is 0 Å². The second kappa shape index (κ2) is 2.30. The molecule has 1 atom stereocenters. The highest BCUT2D eigenvalue weighted by Crippen LogP contribution is 2.19. The summed E-state index contributed by atoms with van der Waals surface area (Å²) in [5.41, 5.74) is -0.812. The van der Waals surface area contributed by atoms with Gasteiger partial charge in [-0.3, -0.25) is 4.90 Å². The molecule has 0 N–H and O–H groups in total. The molecule has 1 saturated heterocycles. The van der Waals surface area contributed by atoms with E-state index in [9.17, 15) is 0 Å². The molecule has 1 unspecified atom stereocenters. The summed E-state index contributed by atoms with van der Waals surface area (Å²) in [5, 5.41) is 0. The van der Waals surface area contributed by atoms with Crippen molar-refractivity contribution >= 4 is 0 Å². The van der Waals surface area contributed by atoms with Crippen molar-refractivity contribution in [2.45, 2.75) is 39.1 Å². The van der Waals surface area contributed by atoms with Crippen LogP contribution in [0.15, 0.2) is 0 Å². The smallest absolute Gasteiger partial charge is 0.0431 e. The fraction of sp³-hybridized carbons (Fsp3) is 1.00. The molecule has 54 valence electrons. The van der Waals surface area contributed by atoms with Gasteiger partial charge in [0.1, 0.15) is 0 Å². The monoisotopic (exact) mass is 134 g/mol. The molecule has 1 heteroatoms. The Labute approximate surface area is 67.9 Å². The Morgan fingerprint density at radius 2 is 2.00 bits per heavy atom. The van der Waals surface area contributed by atoms with Crippen LogP contribution < -0.4 is 0 Å². The summed E-state index contributed by atoms with van der Waals surface area (Å²) in [5.74, 6) is 0. The van der Waals surface area contributed by atoms with Crippen molar-refractivity contribution in [2.24, 2.45) is 0 Å². The van der Waals surface area contributed by atoms with Crippen LogP contribution in [0.4, 0.5) is 0 Å². The molecule has 0 spiro atoms. The van der Waals surface area contributed by atoms with Gasteiger partial charge in [0, 0.05) is 15.1 Å². The van der Waals surface area contributed by atoms with Crippen LogP contribution in [0.5, 0.6) is 0 Å².